The Labute approximate surface area is 89.2 Å². The summed E-state index contributed by atoms with van der Waals surface area (Å²) in [5, 5.41) is 10.6. The van der Waals surface area contributed by atoms with Crippen LogP contribution in [0.25, 0.3) is 0 Å². The highest BCUT2D eigenvalue weighted by molar-refractivity contribution is 7.55. The highest BCUT2D eigenvalue weighted by atomic mass is 31.2. The summed E-state index contributed by atoms with van der Waals surface area (Å²) in [4.78, 5) is 0. The maximum atomic E-state index is 12.4. The van der Waals surface area contributed by atoms with Crippen LogP contribution in [0.3, 0.4) is 0 Å². The molecule has 0 amide bonds. The van der Waals surface area contributed by atoms with Crippen LogP contribution in [0, 0.1) is 11.1 Å². The van der Waals surface area contributed by atoms with Gasteiger partial charge in [-0.05, 0) is 0 Å². The molecule has 5 nitrogen and oxygen atoms in total. The maximum absolute atomic E-state index is 12.4. The molecule has 2 rings (SSSR count). The van der Waals surface area contributed by atoms with E-state index in [-0.39, 0.29) is 5.92 Å². The summed E-state index contributed by atoms with van der Waals surface area (Å²) < 4.78 is 23.8. The van der Waals surface area contributed by atoms with E-state index in [1.54, 1.807) is 6.92 Å². The fourth-order valence-electron chi connectivity index (χ4n) is 1.83. The van der Waals surface area contributed by atoms with Gasteiger partial charge in [-0.25, -0.2) is 0 Å². The Hall–Kier alpha value is -0.380. The molecule has 0 spiro atoms. The van der Waals surface area contributed by atoms with E-state index in [1.807, 2.05) is 6.92 Å². The first-order valence-corrected chi connectivity index (χ1v) is 6.71. The van der Waals surface area contributed by atoms with Gasteiger partial charge < -0.3 is 14.3 Å². The van der Waals surface area contributed by atoms with Crippen molar-refractivity contribution in [2.45, 2.75) is 32.0 Å². The first-order valence-electron chi connectivity index (χ1n) is 5.17. The molecular formula is C9H16NO4P. The minimum absolute atomic E-state index is 0.237. The summed E-state index contributed by atoms with van der Waals surface area (Å²) in [6.45, 7) is 4.42. The number of nitrogens with zero attached hydrogens (tertiary/aromatic N) is 1. The molecule has 0 aliphatic carbocycles. The van der Waals surface area contributed by atoms with Crippen LogP contribution in [-0.2, 0) is 13.6 Å². The topological polar surface area (TPSA) is 61.6 Å². The highest BCUT2D eigenvalue weighted by Gasteiger charge is 2.58. The Kier molecular flexibility index (Phi) is 2.65. The molecule has 1 fully saturated rings. The molecule has 0 saturated carbocycles. The Morgan fingerprint density at radius 2 is 2.13 bits per heavy atom. The third kappa shape index (κ3) is 1.63. The third-order valence-electron chi connectivity index (χ3n) is 3.04. The molecule has 0 bridgehead atoms. The standard InChI is InChI=1S/C9H16NO4P/c1-8-6-13-15(12,14-7-8)9(2)4-3-5-10(9)11/h5,8H,3-4,6-7H2,1-2H3. The van der Waals surface area contributed by atoms with Crippen molar-refractivity contribution in [3.05, 3.63) is 5.21 Å². The first-order chi connectivity index (χ1) is 6.98. The molecule has 2 aliphatic heterocycles. The summed E-state index contributed by atoms with van der Waals surface area (Å²) >= 11 is 0. The minimum Gasteiger partial charge on any atom is -0.623 e. The van der Waals surface area contributed by atoms with Gasteiger partial charge in [-0.1, -0.05) is 6.92 Å². The Morgan fingerprint density at radius 1 is 1.53 bits per heavy atom. The van der Waals surface area contributed by atoms with Gasteiger partial charge in [0.25, 0.3) is 5.28 Å². The second-order valence-electron chi connectivity index (χ2n) is 4.46. The lowest BCUT2D eigenvalue weighted by molar-refractivity contribution is -0.507. The van der Waals surface area contributed by atoms with E-state index in [0.29, 0.717) is 26.1 Å². The maximum Gasteiger partial charge on any atom is 0.401 e. The fourth-order valence-corrected chi connectivity index (χ4v) is 4.09. The van der Waals surface area contributed by atoms with Crippen molar-refractivity contribution in [2.75, 3.05) is 13.2 Å². The second kappa shape index (κ2) is 3.58. The Bertz CT molecular complexity index is 331. The third-order valence-corrected chi connectivity index (χ3v) is 5.61. The van der Waals surface area contributed by atoms with E-state index in [0.717, 1.165) is 4.74 Å². The van der Waals surface area contributed by atoms with Crippen LogP contribution in [0.1, 0.15) is 26.7 Å². The summed E-state index contributed by atoms with van der Waals surface area (Å²) in [6.07, 6.45) is 2.67. The van der Waals surface area contributed by atoms with Crippen molar-refractivity contribution in [3.8, 4) is 0 Å². The number of hydrogen-bond donors (Lipinski definition) is 0. The zero-order chi connectivity index (χ0) is 11.1. The normalized spacial score (nSPS) is 46.5. The Balaban J connectivity index is 2.23. The molecule has 0 aromatic rings. The average molecular weight is 233 g/mol. The lowest BCUT2D eigenvalue weighted by Gasteiger charge is -2.35. The van der Waals surface area contributed by atoms with Gasteiger partial charge in [0.2, 0.25) is 0 Å². The van der Waals surface area contributed by atoms with E-state index in [9.17, 15) is 9.77 Å². The lowest BCUT2D eigenvalue weighted by Crippen LogP contribution is -2.37. The fraction of sp³-hybridized carbons (Fsp3) is 0.889. The van der Waals surface area contributed by atoms with E-state index < -0.39 is 12.9 Å². The highest BCUT2D eigenvalue weighted by Crippen LogP contribution is 2.64. The van der Waals surface area contributed by atoms with E-state index in [1.165, 1.54) is 6.21 Å². The van der Waals surface area contributed by atoms with Crippen molar-refractivity contribution >= 4 is 13.8 Å². The van der Waals surface area contributed by atoms with Crippen LogP contribution >= 0.6 is 7.60 Å². The lowest BCUT2D eigenvalue weighted by atomic mass is 10.2. The molecule has 0 N–H and O–H groups in total. The van der Waals surface area contributed by atoms with E-state index in [4.69, 9.17) is 9.05 Å². The molecule has 6 heteroatoms. The number of hydrogen-bond acceptors (Lipinski definition) is 4. The molecule has 1 saturated heterocycles. The summed E-state index contributed by atoms with van der Waals surface area (Å²) in [6, 6.07) is 0. The summed E-state index contributed by atoms with van der Waals surface area (Å²) in [5.74, 6) is 0.237. The molecule has 15 heavy (non-hydrogen) atoms. The predicted octanol–water partition coefficient (Wildman–Crippen LogP) is 1.95. The SMILES string of the molecule is CC1COP(=O)(C2(C)CCC=[N+]2[O-])OC1. The average Bonchev–Trinajstić information content (AvgIpc) is 2.54. The van der Waals surface area contributed by atoms with E-state index >= 15 is 0 Å². The van der Waals surface area contributed by atoms with E-state index in [2.05, 4.69) is 0 Å². The van der Waals surface area contributed by atoms with Crippen LogP contribution < -0.4 is 0 Å². The minimum atomic E-state index is -3.28. The van der Waals surface area contributed by atoms with Gasteiger partial charge in [-0.15, -0.1) is 0 Å². The van der Waals surface area contributed by atoms with Crippen molar-refractivity contribution in [2.24, 2.45) is 5.92 Å². The number of rotatable bonds is 1. The number of hydroxylamine groups is 1. The molecule has 0 aromatic carbocycles. The molecule has 2 aliphatic rings. The summed E-state index contributed by atoms with van der Waals surface area (Å²) in [5.41, 5.74) is 0. The zero-order valence-electron chi connectivity index (χ0n) is 9.01. The molecule has 1 unspecified atom stereocenters. The zero-order valence-corrected chi connectivity index (χ0v) is 9.90. The smallest absolute Gasteiger partial charge is 0.401 e. The van der Waals surface area contributed by atoms with Crippen LogP contribution in [0.2, 0.25) is 0 Å². The van der Waals surface area contributed by atoms with Gasteiger partial charge in [0.05, 0.1) is 13.2 Å². The monoisotopic (exact) mass is 233 g/mol. The molecular weight excluding hydrogens is 217 g/mol. The molecule has 0 radical (unpaired) electrons. The molecule has 86 valence electrons. The van der Waals surface area contributed by atoms with Crippen molar-refractivity contribution < 1.29 is 18.4 Å². The van der Waals surface area contributed by atoms with Gasteiger partial charge in [-0.3, -0.25) is 4.57 Å². The van der Waals surface area contributed by atoms with Crippen molar-refractivity contribution in [1.29, 1.82) is 0 Å². The quantitative estimate of drug-likeness (QED) is 0.394. The first kappa shape index (κ1) is 11.1. The second-order valence-corrected chi connectivity index (χ2v) is 6.93. The van der Waals surface area contributed by atoms with Gasteiger partial charge >= 0.3 is 7.60 Å². The van der Waals surface area contributed by atoms with Crippen LogP contribution in [0.5, 0.6) is 0 Å². The van der Waals surface area contributed by atoms with Crippen LogP contribution in [0.4, 0.5) is 0 Å². The molecule has 1 atom stereocenters. The molecule has 0 aromatic heterocycles. The van der Waals surface area contributed by atoms with Gasteiger partial charge in [-0.2, -0.15) is 4.74 Å². The van der Waals surface area contributed by atoms with Gasteiger partial charge in [0.1, 0.15) is 0 Å². The predicted molar refractivity (Wildman–Crippen MR) is 56.0 cm³/mol. The van der Waals surface area contributed by atoms with Gasteiger partial charge in [0, 0.05) is 25.7 Å². The molecule has 2 heterocycles. The van der Waals surface area contributed by atoms with Crippen LogP contribution in [0.15, 0.2) is 0 Å². The Morgan fingerprint density at radius 3 is 2.60 bits per heavy atom. The van der Waals surface area contributed by atoms with Gasteiger partial charge in [0.15, 0.2) is 6.21 Å². The van der Waals surface area contributed by atoms with Crippen LogP contribution in [-0.4, -0.2) is 29.4 Å². The largest absolute Gasteiger partial charge is 0.623 e. The summed E-state index contributed by atoms with van der Waals surface area (Å²) in [7, 11) is -3.28. The van der Waals surface area contributed by atoms with Crippen molar-refractivity contribution in [1.82, 2.24) is 0 Å². The van der Waals surface area contributed by atoms with Crippen molar-refractivity contribution in [3.63, 3.8) is 0 Å².